The van der Waals surface area contributed by atoms with E-state index in [-0.39, 0.29) is 37.3 Å². The summed E-state index contributed by atoms with van der Waals surface area (Å²) in [4.78, 5) is 53.7. The van der Waals surface area contributed by atoms with Gasteiger partial charge in [0.05, 0.1) is 18.5 Å². The third kappa shape index (κ3) is 4.08. The second-order valence-electron chi connectivity index (χ2n) is 7.87. The average Bonchev–Trinajstić information content (AvgIpc) is 3.01. The molecule has 0 N–H and O–H groups in total. The van der Waals surface area contributed by atoms with Crippen LogP contribution >= 0.6 is 0 Å². The van der Waals surface area contributed by atoms with E-state index in [0.29, 0.717) is 6.42 Å². The lowest BCUT2D eigenvalue weighted by molar-refractivity contribution is -0.154. The van der Waals surface area contributed by atoms with Crippen LogP contribution in [0, 0.1) is 5.92 Å². The van der Waals surface area contributed by atoms with Gasteiger partial charge in [-0.15, -0.1) is 0 Å². The molecule has 0 aromatic heterocycles. The number of ether oxygens (including phenoxy) is 1. The van der Waals surface area contributed by atoms with Crippen LogP contribution in [0.3, 0.4) is 0 Å². The molecule has 2 aliphatic rings. The minimum atomic E-state index is -0.891. The Morgan fingerprint density at radius 3 is 2.29 bits per heavy atom. The number of nitrogens with zero attached hydrogens (tertiary/aromatic N) is 2. The summed E-state index contributed by atoms with van der Waals surface area (Å²) in [5.41, 5.74) is 1.60. The van der Waals surface area contributed by atoms with E-state index < -0.39 is 24.0 Å². The van der Waals surface area contributed by atoms with Crippen molar-refractivity contribution in [2.45, 2.75) is 38.4 Å². The third-order valence-electron chi connectivity index (χ3n) is 5.89. The zero-order valence-electron chi connectivity index (χ0n) is 17.3. The van der Waals surface area contributed by atoms with Gasteiger partial charge in [0.1, 0.15) is 12.6 Å². The standard InChI is InChI=1S/C24H24N2O5/c1-16(27)31-15-20(18-10-6-3-7-11-18)26-21(28)13-12-19-22(26)24(30)25(23(19)29)14-17-8-4-2-5-9-17/h2-11,19-20,22H,12-15H2,1H3/t19-,20+,22+/m1/s1. The number of likely N-dealkylation sites (tertiary alicyclic amines) is 2. The molecule has 4 rings (SSSR count). The number of hydrogen-bond donors (Lipinski definition) is 0. The molecule has 2 heterocycles. The van der Waals surface area contributed by atoms with E-state index in [1.807, 2.05) is 60.7 Å². The molecule has 31 heavy (non-hydrogen) atoms. The predicted octanol–water partition coefficient (Wildman–Crippen LogP) is 2.47. The van der Waals surface area contributed by atoms with Crippen molar-refractivity contribution in [3.63, 3.8) is 0 Å². The molecule has 0 bridgehead atoms. The van der Waals surface area contributed by atoms with Crippen LogP contribution in [0.5, 0.6) is 0 Å². The number of hydrogen-bond acceptors (Lipinski definition) is 5. The maximum absolute atomic E-state index is 13.4. The molecule has 0 saturated carbocycles. The molecule has 2 aliphatic heterocycles. The number of imide groups is 1. The minimum absolute atomic E-state index is 0.0749. The van der Waals surface area contributed by atoms with Gasteiger partial charge in [-0.25, -0.2) is 0 Å². The topological polar surface area (TPSA) is 84.0 Å². The van der Waals surface area contributed by atoms with Crippen molar-refractivity contribution in [3.8, 4) is 0 Å². The molecule has 3 amide bonds. The molecule has 2 aromatic carbocycles. The van der Waals surface area contributed by atoms with E-state index in [0.717, 1.165) is 11.1 Å². The van der Waals surface area contributed by atoms with E-state index in [4.69, 9.17) is 4.74 Å². The molecule has 7 heteroatoms. The fourth-order valence-corrected chi connectivity index (χ4v) is 4.43. The molecule has 0 spiro atoms. The fraction of sp³-hybridized carbons (Fsp3) is 0.333. The van der Waals surface area contributed by atoms with Crippen molar-refractivity contribution in [1.82, 2.24) is 9.80 Å². The van der Waals surface area contributed by atoms with Crippen molar-refractivity contribution in [1.29, 1.82) is 0 Å². The molecule has 0 radical (unpaired) electrons. The minimum Gasteiger partial charge on any atom is -0.463 e. The Kier molecular flexibility index (Phi) is 5.84. The second-order valence-corrected chi connectivity index (χ2v) is 7.87. The Hall–Kier alpha value is -3.48. The van der Waals surface area contributed by atoms with Gasteiger partial charge in [-0.2, -0.15) is 0 Å². The molecular formula is C24H24N2O5. The lowest BCUT2D eigenvalue weighted by Gasteiger charge is -2.40. The van der Waals surface area contributed by atoms with Crippen LogP contribution in [-0.4, -0.2) is 46.1 Å². The first-order chi connectivity index (χ1) is 15.0. The lowest BCUT2D eigenvalue weighted by atomic mass is 9.88. The highest BCUT2D eigenvalue weighted by Crippen LogP contribution is 2.39. The Balaban J connectivity index is 1.67. The fourth-order valence-electron chi connectivity index (χ4n) is 4.43. The van der Waals surface area contributed by atoms with Crippen molar-refractivity contribution in [3.05, 3.63) is 71.8 Å². The van der Waals surface area contributed by atoms with Gasteiger partial charge >= 0.3 is 5.97 Å². The molecule has 0 aliphatic carbocycles. The molecule has 7 nitrogen and oxygen atoms in total. The summed E-state index contributed by atoms with van der Waals surface area (Å²) in [5.74, 6) is -1.91. The smallest absolute Gasteiger partial charge is 0.302 e. The van der Waals surface area contributed by atoms with Crippen LogP contribution < -0.4 is 0 Å². The van der Waals surface area contributed by atoms with E-state index in [1.165, 1.54) is 16.7 Å². The molecular weight excluding hydrogens is 396 g/mol. The Morgan fingerprint density at radius 1 is 1.00 bits per heavy atom. The molecule has 0 unspecified atom stereocenters. The number of amides is 3. The summed E-state index contributed by atoms with van der Waals surface area (Å²) in [6.07, 6.45) is 0.508. The van der Waals surface area contributed by atoms with Crippen LogP contribution in [-0.2, 0) is 30.5 Å². The molecule has 2 aromatic rings. The first-order valence-corrected chi connectivity index (χ1v) is 10.4. The lowest BCUT2D eigenvalue weighted by Crippen LogP contribution is -2.53. The summed E-state index contributed by atoms with van der Waals surface area (Å²) in [6, 6.07) is 16.9. The highest BCUT2D eigenvalue weighted by atomic mass is 16.5. The third-order valence-corrected chi connectivity index (χ3v) is 5.89. The Bertz CT molecular complexity index is 992. The SMILES string of the molecule is CC(=O)OC[C@@H](c1ccccc1)N1C(=O)CC[C@H]2C(=O)N(Cc3ccccc3)C(=O)[C@H]21. The molecule has 2 saturated heterocycles. The summed E-state index contributed by atoms with van der Waals surface area (Å²) < 4.78 is 5.25. The number of esters is 1. The quantitative estimate of drug-likeness (QED) is 0.530. The van der Waals surface area contributed by atoms with Gasteiger partial charge < -0.3 is 9.64 Å². The zero-order valence-corrected chi connectivity index (χ0v) is 17.3. The van der Waals surface area contributed by atoms with Gasteiger partial charge in [-0.1, -0.05) is 60.7 Å². The maximum Gasteiger partial charge on any atom is 0.302 e. The monoisotopic (exact) mass is 420 g/mol. The van der Waals surface area contributed by atoms with Gasteiger partial charge in [0.2, 0.25) is 11.8 Å². The van der Waals surface area contributed by atoms with Gasteiger partial charge in [0, 0.05) is 13.3 Å². The van der Waals surface area contributed by atoms with Crippen molar-refractivity contribution < 1.29 is 23.9 Å². The Morgan fingerprint density at radius 2 is 1.65 bits per heavy atom. The van der Waals surface area contributed by atoms with Crippen molar-refractivity contribution >= 4 is 23.7 Å². The summed E-state index contributed by atoms with van der Waals surface area (Å²) in [6.45, 7) is 1.40. The largest absolute Gasteiger partial charge is 0.463 e. The summed E-state index contributed by atoms with van der Waals surface area (Å²) >= 11 is 0. The summed E-state index contributed by atoms with van der Waals surface area (Å²) in [5, 5.41) is 0. The van der Waals surface area contributed by atoms with Gasteiger partial charge in [0.15, 0.2) is 0 Å². The van der Waals surface area contributed by atoms with Crippen LogP contribution in [0.1, 0.15) is 36.9 Å². The van der Waals surface area contributed by atoms with E-state index in [1.54, 1.807) is 0 Å². The van der Waals surface area contributed by atoms with E-state index in [2.05, 4.69) is 0 Å². The van der Waals surface area contributed by atoms with Gasteiger partial charge in [-0.3, -0.25) is 24.1 Å². The van der Waals surface area contributed by atoms with Crippen LogP contribution in [0.25, 0.3) is 0 Å². The van der Waals surface area contributed by atoms with Crippen molar-refractivity contribution in [2.75, 3.05) is 6.61 Å². The first-order valence-electron chi connectivity index (χ1n) is 10.4. The van der Waals surface area contributed by atoms with Crippen LogP contribution in [0.15, 0.2) is 60.7 Å². The number of carbonyl (C=O) groups excluding carboxylic acids is 4. The summed E-state index contributed by atoms with van der Waals surface area (Å²) in [7, 11) is 0. The van der Waals surface area contributed by atoms with Crippen LogP contribution in [0.2, 0.25) is 0 Å². The maximum atomic E-state index is 13.4. The zero-order chi connectivity index (χ0) is 22.0. The van der Waals surface area contributed by atoms with Crippen LogP contribution in [0.4, 0.5) is 0 Å². The second kappa shape index (κ2) is 8.71. The highest BCUT2D eigenvalue weighted by Gasteiger charge is 2.55. The molecule has 2 fully saturated rings. The number of fused-ring (bicyclic) bond motifs is 1. The molecule has 3 atom stereocenters. The number of benzene rings is 2. The first kappa shape index (κ1) is 20.8. The normalized spacial score (nSPS) is 21.8. The number of piperidine rings is 1. The molecule has 160 valence electrons. The number of carbonyl (C=O) groups is 4. The van der Waals surface area contributed by atoms with E-state index >= 15 is 0 Å². The van der Waals surface area contributed by atoms with Gasteiger partial charge in [0.25, 0.3) is 5.91 Å². The number of rotatable bonds is 6. The van der Waals surface area contributed by atoms with E-state index in [9.17, 15) is 19.2 Å². The Labute approximate surface area is 180 Å². The predicted molar refractivity (Wildman–Crippen MR) is 111 cm³/mol. The highest BCUT2D eigenvalue weighted by molar-refractivity contribution is 6.09. The van der Waals surface area contributed by atoms with Gasteiger partial charge in [-0.05, 0) is 17.5 Å². The average molecular weight is 420 g/mol. The van der Waals surface area contributed by atoms with Crippen molar-refractivity contribution in [2.24, 2.45) is 5.92 Å².